The molecule has 0 aliphatic carbocycles. The molecule has 7 nitrogen and oxygen atoms in total. The van der Waals surface area contributed by atoms with E-state index in [-0.39, 0.29) is 17.8 Å². The molecule has 3 aromatic rings. The van der Waals surface area contributed by atoms with Gasteiger partial charge in [0.25, 0.3) is 11.8 Å². The Bertz CT molecular complexity index is 822. The first-order valence-electron chi connectivity index (χ1n) is 6.44. The van der Waals surface area contributed by atoms with Crippen LogP contribution in [0.1, 0.15) is 16.1 Å². The first kappa shape index (κ1) is 14.3. The van der Waals surface area contributed by atoms with Crippen molar-refractivity contribution >= 4 is 23.5 Å². The van der Waals surface area contributed by atoms with Crippen LogP contribution in [0.2, 0.25) is 5.02 Å². The summed E-state index contributed by atoms with van der Waals surface area (Å²) in [4.78, 5) is 12.0. The summed E-state index contributed by atoms with van der Waals surface area (Å²) in [5, 5.41) is 15.0. The second-order valence-electron chi connectivity index (χ2n) is 4.67. The molecule has 0 saturated carbocycles. The molecule has 1 aromatic carbocycles. The van der Waals surface area contributed by atoms with E-state index in [1.54, 1.807) is 36.0 Å². The third kappa shape index (κ3) is 2.84. The van der Waals surface area contributed by atoms with Crippen LogP contribution in [0, 0.1) is 6.92 Å². The Balaban J connectivity index is 1.78. The van der Waals surface area contributed by atoms with Gasteiger partial charge in [-0.25, -0.2) is 0 Å². The molecular weight excluding hydrogens is 306 g/mol. The van der Waals surface area contributed by atoms with Crippen molar-refractivity contribution < 1.29 is 9.21 Å². The summed E-state index contributed by atoms with van der Waals surface area (Å²) in [6.45, 7) is 1.86. The SMILES string of the molecule is Cc1cc(-c2nnc(NC(=O)c3ccc(Cl)cc3)o2)n(C)n1. The van der Waals surface area contributed by atoms with Crippen molar-refractivity contribution in [2.45, 2.75) is 6.92 Å². The van der Waals surface area contributed by atoms with Gasteiger partial charge in [-0.05, 0) is 37.3 Å². The molecule has 1 amide bonds. The molecule has 0 atom stereocenters. The molecule has 112 valence electrons. The van der Waals surface area contributed by atoms with Gasteiger partial charge in [-0.15, -0.1) is 5.10 Å². The van der Waals surface area contributed by atoms with Gasteiger partial charge in [0.05, 0.1) is 5.69 Å². The van der Waals surface area contributed by atoms with Crippen LogP contribution in [0.3, 0.4) is 0 Å². The van der Waals surface area contributed by atoms with E-state index in [4.69, 9.17) is 16.0 Å². The number of hydrogen-bond donors (Lipinski definition) is 1. The van der Waals surface area contributed by atoms with Gasteiger partial charge in [0.2, 0.25) is 0 Å². The van der Waals surface area contributed by atoms with E-state index < -0.39 is 0 Å². The molecule has 0 aliphatic rings. The number of aromatic nitrogens is 4. The van der Waals surface area contributed by atoms with E-state index in [0.717, 1.165) is 5.69 Å². The van der Waals surface area contributed by atoms with Gasteiger partial charge < -0.3 is 4.42 Å². The maximum atomic E-state index is 12.0. The lowest BCUT2D eigenvalue weighted by molar-refractivity contribution is 0.102. The number of carbonyl (C=O) groups is 1. The van der Waals surface area contributed by atoms with Gasteiger partial charge in [-0.2, -0.15) is 5.10 Å². The van der Waals surface area contributed by atoms with Crippen molar-refractivity contribution in [2.75, 3.05) is 5.32 Å². The molecule has 0 bridgehead atoms. The number of aryl methyl sites for hydroxylation is 2. The van der Waals surface area contributed by atoms with E-state index in [9.17, 15) is 4.79 Å². The van der Waals surface area contributed by atoms with Crippen molar-refractivity contribution in [1.29, 1.82) is 0 Å². The highest BCUT2D eigenvalue weighted by atomic mass is 35.5. The van der Waals surface area contributed by atoms with Crippen molar-refractivity contribution in [3.8, 4) is 11.6 Å². The highest BCUT2D eigenvalue weighted by Crippen LogP contribution is 2.20. The number of nitrogens with one attached hydrogen (secondary N) is 1. The summed E-state index contributed by atoms with van der Waals surface area (Å²) < 4.78 is 7.07. The van der Waals surface area contributed by atoms with Crippen LogP contribution in [0.4, 0.5) is 6.01 Å². The summed E-state index contributed by atoms with van der Waals surface area (Å²) in [6, 6.07) is 8.33. The largest absolute Gasteiger partial charge is 0.401 e. The summed E-state index contributed by atoms with van der Waals surface area (Å²) in [5.74, 6) is -0.0671. The van der Waals surface area contributed by atoms with Crippen LogP contribution in [-0.4, -0.2) is 25.9 Å². The van der Waals surface area contributed by atoms with Gasteiger partial charge in [-0.3, -0.25) is 14.8 Å². The Hall–Kier alpha value is -2.67. The number of rotatable bonds is 3. The number of anilines is 1. The average Bonchev–Trinajstić information content (AvgIpc) is 3.06. The van der Waals surface area contributed by atoms with Crippen LogP contribution in [0.5, 0.6) is 0 Å². The molecule has 8 heteroatoms. The number of hydrogen-bond acceptors (Lipinski definition) is 5. The normalized spacial score (nSPS) is 10.7. The van der Waals surface area contributed by atoms with Crippen molar-refractivity contribution in [2.24, 2.45) is 7.05 Å². The minimum Gasteiger partial charge on any atom is -0.401 e. The van der Waals surface area contributed by atoms with Crippen LogP contribution < -0.4 is 5.32 Å². The minimum absolute atomic E-state index is 0.0220. The smallest absolute Gasteiger partial charge is 0.322 e. The highest BCUT2D eigenvalue weighted by molar-refractivity contribution is 6.30. The lowest BCUT2D eigenvalue weighted by Crippen LogP contribution is -2.11. The summed E-state index contributed by atoms with van der Waals surface area (Å²) in [7, 11) is 1.78. The third-order valence-electron chi connectivity index (χ3n) is 2.97. The zero-order valence-corrected chi connectivity index (χ0v) is 12.6. The summed E-state index contributed by atoms with van der Waals surface area (Å²) in [6.07, 6.45) is 0. The number of benzene rings is 1. The first-order chi connectivity index (χ1) is 10.5. The molecule has 3 rings (SSSR count). The molecule has 2 aromatic heterocycles. The van der Waals surface area contributed by atoms with Gasteiger partial charge in [0.1, 0.15) is 5.69 Å². The fraction of sp³-hybridized carbons (Fsp3) is 0.143. The first-order valence-corrected chi connectivity index (χ1v) is 6.82. The molecule has 0 fully saturated rings. The predicted octanol–water partition coefficient (Wildman–Crippen LogP) is 2.68. The van der Waals surface area contributed by atoms with Crippen LogP contribution >= 0.6 is 11.6 Å². The van der Waals surface area contributed by atoms with E-state index in [1.807, 2.05) is 13.0 Å². The molecule has 2 heterocycles. The van der Waals surface area contributed by atoms with Crippen molar-refractivity contribution in [3.63, 3.8) is 0 Å². The quantitative estimate of drug-likeness (QED) is 0.802. The van der Waals surface area contributed by atoms with Crippen molar-refractivity contribution in [3.05, 3.63) is 46.6 Å². The summed E-state index contributed by atoms with van der Waals surface area (Å²) in [5.41, 5.74) is 1.96. The lowest BCUT2D eigenvalue weighted by Gasteiger charge is -2.00. The monoisotopic (exact) mass is 317 g/mol. The second-order valence-corrected chi connectivity index (χ2v) is 5.10. The van der Waals surface area contributed by atoms with E-state index >= 15 is 0 Å². The number of carbonyl (C=O) groups excluding carboxylic acids is 1. The Morgan fingerprint density at radius 2 is 2.00 bits per heavy atom. The minimum atomic E-state index is -0.354. The van der Waals surface area contributed by atoms with Crippen LogP contribution in [0.25, 0.3) is 11.6 Å². The molecular formula is C14H12ClN5O2. The molecule has 0 radical (unpaired) electrons. The number of halogens is 1. The molecule has 0 spiro atoms. The van der Waals surface area contributed by atoms with Crippen LogP contribution in [0.15, 0.2) is 34.7 Å². The zero-order valence-electron chi connectivity index (χ0n) is 11.9. The highest BCUT2D eigenvalue weighted by Gasteiger charge is 2.15. The Kier molecular flexibility index (Phi) is 3.64. The van der Waals surface area contributed by atoms with E-state index in [2.05, 4.69) is 20.6 Å². The zero-order chi connectivity index (χ0) is 15.7. The van der Waals surface area contributed by atoms with Gasteiger partial charge in [0, 0.05) is 17.6 Å². The third-order valence-corrected chi connectivity index (χ3v) is 3.22. The van der Waals surface area contributed by atoms with Gasteiger partial charge in [0.15, 0.2) is 0 Å². The molecule has 22 heavy (non-hydrogen) atoms. The van der Waals surface area contributed by atoms with Crippen molar-refractivity contribution in [1.82, 2.24) is 20.0 Å². The van der Waals surface area contributed by atoms with Gasteiger partial charge >= 0.3 is 6.01 Å². The maximum absolute atomic E-state index is 12.0. The summed E-state index contributed by atoms with van der Waals surface area (Å²) >= 11 is 5.78. The van der Waals surface area contributed by atoms with E-state index in [0.29, 0.717) is 16.3 Å². The number of amides is 1. The standard InChI is InChI=1S/C14H12ClN5O2/c1-8-7-11(20(2)19-8)13-17-18-14(22-13)16-12(21)9-3-5-10(15)6-4-9/h3-7H,1-2H3,(H,16,18,21). The Labute approximate surface area is 130 Å². The second kappa shape index (κ2) is 5.61. The lowest BCUT2D eigenvalue weighted by atomic mass is 10.2. The predicted molar refractivity (Wildman–Crippen MR) is 80.6 cm³/mol. The van der Waals surface area contributed by atoms with Crippen LogP contribution in [-0.2, 0) is 7.05 Å². The molecule has 1 N–H and O–H groups in total. The Morgan fingerprint density at radius 3 is 2.64 bits per heavy atom. The maximum Gasteiger partial charge on any atom is 0.322 e. The topological polar surface area (TPSA) is 85.8 Å². The van der Waals surface area contributed by atoms with Gasteiger partial charge in [-0.1, -0.05) is 16.7 Å². The molecule has 0 saturated heterocycles. The average molecular weight is 318 g/mol. The number of nitrogens with zero attached hydrogens (tertiary/aromatic N) is 4. The molecule has 0 unspecified atom stereocenters. The van der Waals surface area contributed by atoms with E-state index in [1.165, 1.54) is 0 Å². The molecule has 0 aliphatic heterocycles. The fourth-order valence-electron chi connectivity index (χ4n) is 1.96. The Morgan fingerprint density at radius 1 is 1.27 bits per heavy atom. The fourth-order valence-corrected chi connectivity index (χ4v) is 2.08.